The van der Waals surface area contributed by atoms with E-state index in [-0.39, 0.29) is 11.8 Å². The molecule has 0 aromatic rings. The van der Waals surface area contributed by atoms with Crippen molar-refractivity contribution >= 4 is 11.8 Å². The molecule has 0 saturated heterocycles. The Morgan fingerprint density at radius 3 is 1.56 bits per heavy atom. The van der Waals surface area contributed by atoms with Crippen LogP contribution in [0.15, 0.2) is 47.9 Å². The molecule has 0 aromatic carbocycles. The highest BCUT2D eigenvalue weighted by molar-refractivity contribution is 6.19. The van der Waals surface area contributed by atoms with Crippen molar-refractivity contribution in [2.45, 2.75) is 12.8 Å². The van der Waals surface area contributed by atoms with Gasteiger partial charge in [-0.15, -0.1) is 13.2 Å². The molecule has 4 nitrogen and oxygen atoms in total. The van der Waals surface area contributed by atoms with Crippen molar-refractivity contribution in [3.8, 4) is 0 Å². The second-order valence-corrected chi connectivity index (χ2v) is 3.60. The van der Waals surface area contributed by atoms with Crippen LogP contribution in [-0.2, 0) is 9.59 Å². The quantitative estimate of drug-likeness (QED) is 0.686. The SMILES string of the molecule is C=CCC1=C2C(=O)NC(CC=C)=C2C(=O)N1. The first kappa shape index (κ1) is 10.4. The van der Waals surface area contributed by atoms with Gasteiger partial charge in [-0.05, 0) is 0 Å². The summed E-state index contributed by atoms with van der Waals surface area (Å²) in [4.78, 5) is 23.4. The number of hydrogen-bond donors (Lipinski definition) is 2. The van der Waals surface area contributed by atoms with Gasteiger partial charge in [-0.3, -0.25) is 9.59 Å². The Kier molecular flexibility index (Phi) is 2.48. The molecule has 0 aliphatic carbocycles. The third-order valence-corrected chi connectivity index (χ3v) is 2.53. The summed E-state index contributed by atoms with van der Waals surface area (Å²) in [6.07, 6.45) is 4.29. The summed E-state index contributed by atoms with van der Waals surface area (Å²) in [5.74, 6) is -0.441. The second-order valence-electron chi connectivity index (χ2n) is 3.60. The highest BCUT2D eigenvalue weighted by Crippen LogP contribution is 2.31. The van der Waals surface area contributed by atoms with E-state index in [4.69, 9.17) is 0 Å². The van der Waals surface area contributed by atoms with Crippen LogP contribution in [0.3, 0.4) is 0 Å². The van der Waals surface area contributed by atoms with E-state index in [2.05, 4.69) is 23.8 Å². The van der Waals surface area contributed by atoms with Crippen LogP contribution < -0.4 is 10.6 Å². The molecule has 16 heavy (non-hydrogen) atoms. The number of amides is 2. The van der Waals surface area contributed by atoms with Crippen LogP contribution >= 0.6 is 0 Å². The minimum absolute atomic E-state index is 0.220. The first-order valence-corrected chi connectivity index (χ1v) is 5.00. The molecule has 4 heteroatoms. The van der Waals surface area contributed by atoms with Gasteiger partial charge in [0, 0.05) is 24.2 Å². The van der Waals surface area contributed by atoms with Crippen molar-refractivity contribution in [1.82, 2.24) is 10.6 Å². The summed E-state index contributed by atoms with van der Waals surface area (Å²) in [6.45, 7) is 7.19. The fourth-order valence-electron chi connectivity index (χ4n) is 1.92. The lowest BCUT2D eigenvalue weighted by atomic mass is 10.1. The summed E-state index contributed by atoms with van der Waals surface area (Å²) in [5, 5.41) is 5.38. The smallest absolute Gasteiger partial charge is 0.258 e. The summed E-state index contributed by atoms with van der Waals surface area (Å²) in [7, 11) is 0. The maximum atomic E-state index is 11.7. The third kappa shape index (κ3) is 1.39. The Morgan fingerprint density at radius 1 is 0.875 bits per heavy atom. The minimum atomic E-state index is -0.220. The molecular formula is C12H12N2O2. The van der Waals surface area contributed by atoms with E-state index in [1.54, 1.807) is 12.2 Å². The Morgan fingerprint density at radius 2 is 1.25 bits per heavy atom. The average molecular weight is 216 g/mol. The highest BCUT2D eigenvalue weighted by Gasteiger charge is 2.38. The first-order valence-electron chi connectivity index (χ1n) is 5.00. The number of allylic oxidation sites excluding steroid dienone is 2. The molecular weight excluding hydrogens is 204 g/mol. The van der Waals surface area contributed by atoms with Crippen LogP contribution in [0.4, 0.5) is 0 Å². The number of rotatable bonds is 4. The van der Waals surface area contributed by atoms with Gasteiger partial charge in [0.15, 0.2) is 0 Å². The molecule has 2 N–H and O–H groups in total. The van der Waals surface area contributed by atoms with Crippen LogP contribution in [0, 0.1) is 0 Å². The van der Waals surface area contributed by atoms with Gasteiger partial charge in [-0.2, -0.15) is 0 Å². The normalized spacial score (nSPS) is 18.5. The van der Waals surface area contributed by atoms with Gasteiger partial charge in [0.1, 0.15) is 0 Å². The van der Waals surface area contributed by atoms with E-state index in [1.807, 2.05) is 0 Å². The van der Waals surface area contributed by atoms with Gasteiger partial charge < -0.3 is 10.6 Å². The van der Waals surface area contributed by atoms with Crippen molar-refractivity contribution in [3.63, 3.8) is 0 Å². The lowest BCUT2D eigenvalue weighted by molar-refractivity contribution is -0.117. The zero-order valence-corrected chi connectivity index (χ0v) is 8.80. The van der Waals surface area contributed by atoms with Crippen molar-refractivity contribution < 1.29 is 9.59 Å². The number of fused-ring (bicyclic) bond motifs is 1. The molecule has 2 aliphatic heterocycles. The topological polar surface area (TPSA) is 58.2 Å². The number of carbonyl (C=O) groups is 2. The van der Waals surface area contributed by atoms with Gasteiger partial charge in [0.05, 0.1) is 11.1 Å². The lowest BCUT2D eigenvalue weighted by Crippen LogP contribution is -2.22. The van der Waals surface area contributed by atoms with Crippen molar-refractivity contribution in [2.24, 2.45) is 0 Å². The monoisotopic (exact) mass is 216 g/mol. The molecule has 0 aromatic heterocycles. The Hall–Kier alpha value is -2.10. The third-order valence-electron chi connectivity index (χ3n) is 2.53. The van der Waals surface area contributed by atoms with Gasteiger partial charge in [0.2, 0.25) is 0 Å². The van der Waals surface area contributed by atoms with Gasteiger partial charge >= 0.3 is 0 Å². The average Bonchev–Trinajstić information content (AvgIpc) is 2.71. The summed E-state index contributed by atoms with van der Waals surface area (Å²) in [5.41, 5.74) is 2.18. The van der Waals surface area contributed by atoms with Gasteiger partial charge in [0.25, 0.3) is 11.8 Å². The molecule has 0 fully saturated rings. The molecule has 0 unspecified atom stereocenters. The largest absolute Gasteiger partial charge is 0.324 e. The first-order chi connectivity index (χ1) is 7.69. The minimum Gasteiger partial charge on any atom is -0.324 e. The summed E-state index contributed by atoms with van der Waals surface area (Å²) < 4.78 is 0. The van der Waals surface area contributed by atoms with E-state index < -0.39 is 0 Å². The molecule has 0 atom stereocenters. The second kappa shape index (κ2) is 3.81. The number of carbonyl (C=O) groups excluding carboxylic acids is 2. The summed E-state index contributed by atoms with van der Waals surface area (Å²) in [6, 6.07) is 0. The zero-order valence-electron chi connectivity index (χ0n) is 8.80. The van der Waals surface area contributed by atoms with Gasteiger partial charge in [-0.25, -0.2) is 0 Å². The molecule has 0 spiro atoms. The fourth-order valence-corrected chi connectivity index (χ4v) is 1.92. The van der Waals surface area contributed by atoms with Crippen LogP contribution in [0.1, 0.15) is 12.8 Å². The Balaban J connectivity index is 2.49. The molecule has 2 rings (SSSR count). The van der Waals surface area contributed by atoms with Crippen LogP contribution in [0.25, 0.3) is 0 Å². The van der Waals surface area contributed by atoms with Crippen LogP contribution in [0.5, 0.6) is 0 Å². The van der Waals surface area contributed by atoms with Crippen LogP contribution in [-0.4, -0.2) is 11.8 Å². The molecule has 0 radical (unpaired) electrons. The van der Waals surface area contributed by atoms with Crippen molar-refractivity contribution in [2.75, 3.05) is 0 Å². The predicted octanol–water partition coefficient (Wildman–Crippen LogP) is 0.906. The lowest BCUT2D eigenvalue weighted by Gasteiger charge is -2.02. The number of nitrogens with one attached hydrogen (secondary N) is 2. The highest BCUT2D eigenvalue weighted by atomic mass is 16.2. The van der Waals surface area contributed by atoms with E-state index in [1.165, 1.54) is 0 Å². The maximum absolute atomic E-state index is 11.7. The van der Waals surface area contributed by atoms with Crippen LogP contribution in [0.2, 0.25) is 0 Å². The van der Waals surface area contributed by atoms with Gasteiger partial charge in [-0.1, -0.05) is 12.2 Å². The number of hydrogen-bond acceptors (Lipinski definition) is 2. The predicted molar refractivity (Wildman–Crippen MR) is 60.0 cm³/mol. The Labute approximate surface area is 93.4 Å². The molecule has 0 bridgehead atoms. The van der Waals surface area contributed by atoms with E-state index in [0.717, 1.165) is 0 Å². The summed E-state index contributed by atoms with van der Waals surface area (Å²) >= 11 is 0. The van der Waals surface area contributed by atoms with Crippen molar-refractivity contribution in [3.05, 3.63) is 47.9 Å². The molecule has 82 valence electrons. The molecule has 0 saturated carbocycles. The molecule has 2 aliphatic rings. The Bertz CT molecular complexity index is 425. The molecule has 2 heterocycles. The maximum Gasteiger partial charge on any atom is 0.258 e. The van der Waals surface area contributed by atoms with E-state index >= 15 is 0 Å². The standard InChI is InChI=1S/C12H12N2O2/c1-3-5-7-9-10(12(16)13-7)8(6-4-2)14-11(9)15/h3-4H,1-2,5-6H2,(H,13,16)(H,14,15). The fraction of sp³-hybridized carbons (Fsp3) is 0.167. The van der Waals surface area contributed by atoms with Crippen molar-refractivity contribution in [1.29, 1.82) is 0 Å². The zero-order chi connectivity index (χ0) is 11.7. The molecule has 2 amide bonds. The van der Waals surface area contributed by atoms with E-state index in [9.17, 15) is 9.59 Å². The van der Waals surface area contributed by atoms with E-state index in [0.29, 0.717) is 35.4 Å².